The molecule has 0 aromatic heterocycles. The van der Waals surface area contributed by atoms with Gasteiger partial charge in [-0.2, -0.15) is 22.0 Å². The Hall–Kier alpha value is -0.390. The second-order valence-electron chi connectivity index (χ2n) is 1.36. The van der Waals surface area contributed by atoms with Gasteiger partial charge in [-0.3, -0.25) is 0 Å². The van der Waals surface area contributed by atoms with E-state index in [4.69, 9.17) is 0 Å². The molecule has 0 heterocycles. The minimum Gasteiger partial charge on any atom is -0.313 e. The maximum Gasteiger partial charge on any atom is 0.482 e. The Bertz CT molecular complexity index is 107. The molecule has 0 aliphatic rings. The number of halogens is 5. The molecular formula is C4H4F5O. The lowest BCUT2D eigenvalue weighted by atomic mass is 10.6. The molecule has 0 rings (SSSR count). The van der Waals surface area contributed by atoms with E-state index in [9.17, 15) is 22.0 Å². The monoisotopic (exact) mass is 163 g/mol. The molecule has 0 aliphatic carbocycles. The average Bonchev–Trinajstić information content (AvgIpc) is 1.61. The van der Waals surface area contributed by atoms with E-state index in [1.165, 1.54) is 0 Å². The van der Waals surface area contributed by atoms with Crippen LogP contribution in [0.25, 0.3) is 0 Å². The van der Waals surface area contributed by atoms with Crippen molar-refractivity contribution in [3.05, 3.63) is 6.92 Å². The van der Waals surface area contributed by atoms with Gasteiger partial charge in [0.1, 0.15) is 0 Å². The van der Waals surface area contributed by atoms with Crippen LogP contribution in [0.3, 0.4) is 0 Å². The zero-order chi connectivity index (χ0) is 8.41. The number of rotatable bonds is 2. The summed E-state index contributed by atoms with van der Waals surface area (Å²) in [7, 11) is 0. The van der Waals surface area contributed by atoms with Crippen LogP contribution in [0.5, 0.6) is 0 Å². The maximum absolute atomic E-state index is 11.5. The summed E-state index contributed by atoms with van der Waals surface area (Å²) in [5, 5.41) is 0. The number of hydrogen-bond donors (Lipinski definition) is 0. The van der Waals surface area contributed by atoms with Gasteiger partial charge in [-0.1, -0.05) is 0 Å². The number of ether oxygens (including phenoxy) is 1. The van der Waals surface area contributed by atoms with Crippen molar-refractivity contribution in [3.8, 4) is 0 Å². The van der Waals surface area contributed by atoms with Gasteiger partial charge in [0.05, 0.1) is 6.61 Å². The van der Waals surface area contributed by atoms with Crippen molar-refractivity contribution < 1.29 is 26.7 Å². The van der Waals surface area contributed by atoms with Crippen molar-refractivity contribution in [2.75, 3.05) is 6.61 Å². The predicted molar refractivity (Wildman–Crippen MR) is 22.3 cm³/mol. The van der Waals surface area contributed by atoms with Crippen molar-refractivity contribution in [2.24, 2.45) is 0 Å². The summed E-state index contributed by atoms with van der Waals surface area (Å²) in [6.07, 6.45) is -10.7. The first kappa shape index (κ1) is 9.61. The van der Waals surface area contributed by atoms with Crippen LogP contribution in [0.2, 0.25) is 0 Å². The van der Waals surface area contributed by atoms with E-state index in [1.807, 2.05) is 0 Å². The zero-order valence-corrected chi connectivity index (χ0v) is 4.71. The molecule has 0 amide bonds. The van der Waals surface area contributed by atoms with E-state index in [0.717, 1.165) is 0 Å². The molecule has 1 nitrogen and oxygen atoms in total. The molecule has 0 fully saturated rings. The fourth-order valence-electron chi connectivity index (χ4n) is 0.210. The molecular weight excluding hydrogens is 159 g/mol. The predicted octanol–water partition coefficient (Wildman–Crippen LogP) is 1.99. The van der Waals surface area contributed by atoms with Crippen molar-refractivity contribution in [3.63, 3.8) is 0 Å². The van der Waals surface area contributed by atoms with E-state index in [0.29, 0.717) is 0 Å². The lowest BCUT2D eigenvalue weighted by Gasteiger charge is -2.17. The topological polar surface area (TPSA) is 9.23 Å². The molecule has 0 unspecified atom stereocenters. The van der Waals surface area contributed by atoms with Gasteiger partial charge in [0.25, 0.3) is 0 Å². The second-order valence-corrected chi connectivity index (χ2v) is 1.36. The largest absolute Gasteiger partial charge is 0.482 e. The van der Waals surface area contributed by atoms with Gasteiger partial charge in [-0.25, -0.2) is 0 Å². The normalized spacial score (nSPS) is 13.8. The van der Waals surface area contributed by atoms with Crippen LogP contribution in [-0.4, -0.2) is 18.9 Å². The third-order valence-electron chi connectivity index (χ3n) is 0.613. The van der Waals surface area contributed by atoms with Gasteiger partial charge in [0.15, 0.2) is 0 Å². The minimum atomic E-state index is -5.65. The van der Waals surface area contributed by atoms with Crippen LogP contribution < -0.4 is 0 Å². The quantitative estimate of drug-likeness (QED) is 0.565. The first-order chi connectivity index (χ1) is 4.31. The van der Waals surface area contributed by atoms with E-state index in [1.54, 1.807) is 0 Å². The van der Waals surface area contributed by atoms with Gasteiger partial charge in [-0.15, -0.1) is 0 Å². The number of hydrogen-bond acceptors (Lipinski definition) is 1. The van der Waals surface area contributed by atoms with E-state index in [-0.39, 0.29) is 0 Å². The summed E-state index contributed by atoms with van der Waals surface area (Å²) in [5.74, 6) is 0. The summed E-state index contributed by atoms with van der Waals surface area (Å²) < 4.78 is 59.5. The minimum absolute atomic E-state index is 0.924. The fourth-order valence-corrected chi connectivity index (χ4v) is 0.210. The molecule has 0 spiro atoms. The molecule has 10 heavy (non-hydrogen) atoms. The molecule has 1 radical (unpaired) electrons. The van der Waals surface area contributed by atoms with Gasteiger partial charge in [0, 0.05) is 0 Å². The highest BCUT2D eigenvalue weighted by molar-refractivity contribution is 4.63. The van der Waals surface area contributed by atoms with Gasteiger partial charge < -0.3 is 4.74 Å². The highest BCUT2D eigenvalue weighted by atomic mass is 19.4. The maximum atomic E-state index is 11.5. The highest BCUT2D eigenvalue weighted by Gasteiger charge is 2.59. The summed E-state index contributed by atoms with van der Waals surface area (Å²) in [5.41, 5.74) is 0. The first-order valence-corrected chi connectivity index (χ1v) is 2.19. The van der Waals surface area contributed by atoms with E-state index >= 15 is 0 Å². The van der Waals surface area contributed by atoms with Crippen molar-refractivity contribution in [1.82, 2.24) is 0 Å². The van der Waals surface area contributed by atoms with Crippen molar-refractivity contribution >= 4 is 0 Å². The molecule has 0 saturated carbocycles. The average molecular weight is 163 g/mol. The lowest BCUT2D eigenvalue weighted by molar-refractivity contribution is -0.388. The fraction of sp³-hybridized carbons (Fsp3) is 0.750. The Balaban J connectivity index is 4.10. The van der Waals surface area contributed by atoms with Gasteiger partial charge in [-0.05, 0) is 6.92 Å². The summed E-state index contributed by atoms with van der Waals surface area (Å²) >= 11 is 0. The molecule has 6 heteroatoms. The van der Waals surface area contributed by atoms with Crippen LogP contribution in [0.1, 0.15) is 0 Å². The Kier molecular flexibility index (Phi) is 2.59. The molecule has 61 valence electrons. The third kappa shape index (κ3) is 2.09. The Morgan fingerprint density at radius 1 is 1.10 bits per heavy atom. The van der Waals surface area contributed by atoms with Crippen molar-refractivity contribution in [1.29, 1.82) is 0 Å². The number of alkyl halides is 5. The molecule has 0 saturated heterocycles. The summed E-state index contributed by atoms with van der Waals surface area (Å²) in [6.45, 7) is 1.76. The Morgan fingerprint density at radius 2 is 1.50 bits per heavy atom. The smallest absolute Gasteiger partial charge is 0.313 e. The standard InChI is InChI=1S/C4H4F5O/c1-2-10-4(8,9)3(5,6)7/h1-2H2. The molecule has 0 bridgehead atoms. The van der Waals surface area contributed by atoms with Crippen LogP contribution in [0, 0.1) is 6.92 Å². The van der Waals surface area contributed by atoms with Crippen LogP contribution in [0.15, 0.2) is 0 Å². The lowest BCUT2D eigenvalue weighted by Crippen LogP contribution is -2.39. The van der Waals surface area contributed by atoms with E-state index in [2.05, 4.69) is 11.7 Å². The SMILES string of the molecule is [CH2]COC(F)(F)C(F)(F)F. The molecule has 0 aromatic carbocycles. The second kappa shape index (κ2) is 2.69. The third-order valence-corrected chi connectivity index (χ3v) is 0.613. The first-order valence-electron chi connectivity index (χ1n) is 2.19. The van der Waals surface area contributed by atoms with Gasteiger partial charge >= 0.3 is 12.3 Å². The molecule has 0 atom stereocenters. The van der Waals surface area contributed by atoms with Crippen LogP contribution in [-0.2, 0) is 4.74 Å². The molecule has 0 aliphatic heterocycles. The Morgan fingerprint density at radius 3 is 1.60 bits per heavy atom. The zero-order valence-electron chi connectivity index (χ0n) is 4.71. The van der Waals surface area contributed by atoms with Gasteiger partial charge in [0.2, 0.25) is 0 Å². The van der Waals surface area contributed by atoms with Crippen molar-refractivity contribution in [2.45, 2.75) is 12.3 Å². The highest BCUT2D eigenvalue weighted by Crippen LogP contribution is 2.35. The summed E-state index contributed by atoms with van der Waals surface area (Å²) in [6, 6.07) is 0. The Labute approximate surface area is 53.8 Å². The molecule has 0 N–H and O–H groups in total. The van der Waals surface area contributed by atoms with Crippen LogP contribution >= 0.6 is 0 Å². The van der Waals surface area contributed by atoms with Crippen LogP contribution in [0.4, 0.5) is 22.0 Å². The summed E-state index contributed by atoms with van der Waals surface area (Å²) in [4.78, 5) is 0. The molecule has 0 aromatic rings. The van der Waals surface area contributed by atoms with E-state index < -0.39 is 18.9 Å².